The van der Waals surface area contributed by atoms with Gasteiger partial charge in [-0.1, -0.05) is 38.1 Å². The smallest absolute Gasteiger partial charge is 0.331 e. The third-order valence-corrected chi connectivity index (χ3v) is 6.99. The molecule has 0 bridgehead atoms. The first-order valence-corrected chi connectivity index (χ1v) is 11.8. The molecule has 1 aliphatic rings. The molecule has 0 N–H and O–H groups in total. The van der Waals surface area contributed by atoms with E-state index in [0.29, 0.717) is 17.5 Å². The van der Waals surface area contributed by atoms with Gasteiger partial charge in [0.1, 0.15) is 0 Å². The topological polar surface area (TPSA) is 60.7 Å². The Labute approximate surface area is 195 Å². The minimum absolute atomic E-state index is 0.129. The van der Waals surface area contributed by atoms with E-state index in [4.69, 9.17) is 4.84 Å². The zero-order valence-corrected chi connectivity index (χ0v) is 20.3. The van der Waals surface area contributed by atoms with Crippen molar-refractivity contribution >= 4 is 39.3 Å². The van der Waals surface area contributed by atoms with Gasteiger partial charge in [-0.2, -0.15) is 0 Å². The highest BCUT2D eigenvalue weighted by Crippen LogP contribution is 2.36. The molecule has 1 heterocycles. The van der Waals surface area contributed by atoms with Gasteiger partial charge in [-0.25, -0.2) is 4.79 Å². The van der Waals surface area contributed by atoms with Crippen LogP contribution in [0.15, 0.2) is 53.2 Å². The molecule has 33 heavy (non-hydrogen) atoms. The molecule has 0 radical (unpaired) electrons. The summed E-state index contributed by atoms with van der Waals surface area (Å²) in [5, 5.41) is 6.04. The number of fused-ring (bicyclic) bond motifs is 3. The number of Topliss-reactive ketones (excluding diaryl/α,β-unsaturated/α-hetero) is 1. The van der Waals surface area contributed by atoms with E-state index >= 15 is 0 Å². The Morgan fingerprint density at radius 2 is 1.61 bits per heavy atom. The molecule has 0 amide bonds. The van der Waals surface area contributed by atoms with Gasteiger partial charge < -0.3 is 9.40 Å². The summed E-state index contributed by atoms with van der Waals surface area (Å²) in [7, 11) is 0. The summed E-state index contributed by atoms with van der Waals surface area (Å²) >= 11 is 0. The van der Waals surface area contributed by atoms with Crippen molar-refractivity contribution in [3.05, 3.63) is 59.2 Å². The van der Waals surface area contributed by atoms with E-state index in [0.717, 1.165) is 51.5 Å². The molecule has 0 saturated heterocycles. The molecule has 172 valence electrons. The summed E-state index contributed by atoms with van der Waals surface area (Å²) in [6.07, 6.45) is 3.29. The second-order valence-corrected chi connectivity index (χ2v) is 9.40. The molecule has 5 heteroatoms. The average molecular weight is 445 g/mol. The van der Waals surface area contributed by atoms with Gasteiger partial charge in [-0.15, -0.1) is 0 Å². The van der Waals surface area contributed by atoms with E-state index in [1.165, 1.54) is 6.92 Å². The van der Waals surface area contributed by atoms with Gasteiger partial charge in [-0.3, -0.25) is 4.79 Å². The summed E-state index contributed by atoms with van der Waals surface area (Å²) in [4.78, 5) is 29.5. The monoisotopic (exact) mass is 444 g/mol. The Morgan fingerprint density at radius 1 is 1.00 bits per heavy atom. The van der Waals surface area contributed by atoms with Crippen LogP contribution in [-0.4, -0.2) is 22.0 Å². The van der Waals surface area contributed by atoms with Gasteiger partial charge >= 0.3 is 5.97 Å². The van der Waals surface area contributed by atoms with Crippen molar-refractivity contribution in [2.75, 3.05) is 0 Å². The number of ketones is 1. The van der Waals surface area contributed by atoms with Crippen molar-refractivity contribution in [2.24, 2.45) is 22.9 Å². The average Bonchev–Trinajstić information content (AvgIpc) is 3.11. The standard InChI is InChI=1S/C28H32N2O3/c1-7-30-26-10-8-21(19(5)29-33-20(6)31)14-24(26)25-15-22(9-11-27(25)30)28(32)23-13-16(2)12-17(3)18(23)4/h8-11,13-18H,7,12H2,1-6H3/b29-19+. The largest absolute Gasteiger partial charge is 0.341 e. The van der Waals surface area contributed by atoms with Gasteiger partial charge in [-0.05, 0) is 79.5 Å². The Bertz CT molecular complexity index is 1310. The number of carbonyl (C=O) groups excluding carboxylic acids is 2. The van der Waals surface area contributed by atoms with Gasteiger partial charge in [0.2, 0.25) is 0 Å². The Hall–Kier alpha value is -3.21. The number of oxime groups is 1. The Kier molecular flexibility index (Phi) is 6.24. The van der Waals surface area contributed by atoms with Crippen molar-refractivity contribution in [3.63, 3.8) is 0 Å². The maximum Gasteiger partial charge on any atom is 0.331 e. The molecule has 3 atom stereocenters. The number of benzene rings is 2. The molecule has 4 rings (SSSR count). The summed E-state index contributed by atoms with van der Waals surface area (Å²) in [5.74, 6) is 0.854. The number of aromatic nitrogens is 1. The molecule has 1 aromatic heterocycles. The van der Waals surface area contributed by atoms with Crippen LogP contribution in [-0.2, 0) is 16.2 Å². The second-order valence-electron chi connectivity index (χ2n) is 9.40. The van der Waals surface area contributed by atoms with Crippen LogP contribution in [0.2, 0.25) is 0 Å². The van der Waals surface area contributed by atoms with Crippen LogP contribution in [0.1, 0.15) is 63.9 Å². The predicted octanol–water partition coefficient (Wildman–Crippen LogP) is 6.52. The minimum atomic E-state index is -0.448. The SMILES string of the molecule is CCn1c2ccc(C(=O)C3=CC(C)CC(C)C3C)cc2c2cc(/C(C)=N/OC(C)=O)ccc21. The van der Waals surface area contributed by atoms with Crippen LogP contribution >= 0.6 is 0 Å². The zero-order valence-electron chi connectivity index (χ0n) is 20.3. The molecule has 3 unspecified atom stereocenters. The fourth-order valence-electron chi connectivity index (χ4n) is 5.07. The third kappa shape index (κ3) is 4.24. The first-order chi connectivity index (χ1) is 15.7. The Balaban J connectivity index is 1.84. The predicted molar refractivity (Wildman–Crippen MR) is 134 cm³/mol. The normalized spacial score (nSPS) is 21.3. The Morgan fingerprint density at radius 3 is 2.21 bits per heavy atom. The third-order valence-electron chi connectivity index (χ3n) is 6.99. The molecular weight excluding hydrogens is 412 g/mol. The first-order valence-electron chi connectivity index (χ1n) is 11.8. The fraction of sp³-hybridized carbons (Fsp3) is 0.393. The minimum Gasteiger partial charge on any atom is -0.341 e. The van der Waals surface area contributed by atoms with Crippen LogP contribution in [0.25, 0.3) is 21.8 Å². The molecule has 0 saturated carbocycles. The maximum atomic E-state index is 13.5. The van der Waals surface area contributed by atoms with Crippen molar-refractivity contribution in [1.82, 2.24) is 4.57 Å². The van der Waals surface area contributed by atoms with E-state index < -0.39 is 5.97 Å². The van der Waals surface area contributed by atoms with Gasteiger partial charge in [0.25, 0.3) is 0 Å². The van der Waals surface area contributed by atoms with Crippen LogP contribution in [0.4, 0.5) is 0 Å². The lowest BCUT2D eigenvalue weighted by Gasteiger charge is -2.30. The number of nitrogens with zero attached hydrogens (tertiary/aromatic N) is 2. The van der Waals surface area contributed by atoms with Crippen LogP contribution < -0.4 is 0 Å². The maximum absolute atomic E-state index is 13.5. The van der Waals surface area contributed by atoms with Crippen LogP contribution in [0.3, 0.4) is 0 Å². The summed E-state index contributed by atoms with van der Waals surface area (Å²) in [6, 6.07) is 12.2. The highest BCUT2D eigenvalue weighted by Gasteiger charge is 2.29. The molecule has 5 nitrogen and oxygen atoms in total. The van der Waals surface area contributed by atoms with Crippen molar-refractivity contribution in [1.29, 1.82) is 0 Å². The molecule has 2 aromatic carbocycles. The summed E-state index contributed by atoms with van der Waals surface area (Å²) in [6.45, 7) is 12.7. The van der Waals surface area contributed by atoms with Gasteiger partial charge in [0.05, 0.1) is 5.71 Å². The number of rotatable bonds is 5. The van der Waals surface area contributed by atoms with E-state index in [2.05, 4.69) is 61.7 Å². The van der Waals surface area contributed by atoms with Crippen molar-refractivity contribution < 1.29 is 14.4 Å². The van der Waals surface area contributed by atoms with Crippen LogP contribution in [0.5, 0.6) is 0 Å². The number of hydrogen-bond donors (Lipinski definition) is 0. The van der Waals surface area contributed by atoms with Crippen LogP contribution in [0, 0.1) is 17.8 Å². The fourth-order valence-corrected chi connectivity index (χ4v) is 5.07. The lowest BCUT2D eigenvalue weighted by atomic mass is 9.74. The lowest BCUT2D eigenvalue weighted by molar-refractivity contribution is -0.140. The number of carbonyl (C=O) groups is 2. The van der Waals surface area contributed by atoms with E-state index in [9.17, 15) is 9.59 Å². The van der Waals surface area contributed by atoms with Crippen molar-refractivity contribution in [2.45, 2.75) is 54.5 Å². The van der Waals surface area contributed by atoms with E-state index in [1.54, 1.807) is 0 Å². The summed E-state index contributed by atoms with van der Waals surface area (Å²) < 4.78 is 2.26. The molecular formula is C28H32N2O3. The highest BCUT2D eigenvalue weighted by molar-refractivity contribution is 6.16. The molecule has 0 aliphatic heterocycles. The number of aryl methyl sites for hydroxylation is 1. The quantitative estimate of drug-likeness (QED) is 0.195. The number of hydrogen-bond acceptors (Lipinski definition) is 4. The highest BCUT2D eigenvalue weighted by atomic mass is 16.7. The first kappa shape index (κ1) is 23.0. The van der Waals surface area contributed by atoms with E-state index in [-0.39, 0.29) is 11.7 Å². The zero-order chi connectivity index (χ0) is 23.9. The molecule has 1 aliphatic carbocycles. The number of allylic oxidation sites excluding steroid dienone is 2. The van der Waals surface area contributed by atoms with Crippen molar-refractivity contribution in [3.8, 4) is 0 Å². The lowest BCUT2D eigenvalue weighted by Crippen LogP contribution is -2.24. The second kappa shape index (κ2) is 8.97. The van der Waals surface area contributed by atoms with E-state index in [1.807, 2.05) is 25.1 Å². The summed E-state index contributed by atoms with van der Waals surface area (Å²) in [5.41, 5.74) is 5.37. The molecule has 0 fully saturated rings. The molecule has 0 spiro atoms. The van der Waals surface area contributed by atoms with Gasteiger partial charge in [0, 0.05) is 40.8 Å². The van der Waals surface area contributed by atoms with Gasteiger partial charge in [0.15, 0.2) is 5.78 Å². The molecule has 3 aromatic rings.